The van der Waals surface area contributed by atoms with Crippen LogP contribution < -0.4 is 10.6 Å². The molecule has 0 aromatic rings. The molecule has 4 heteroatoms. The van der Waals surface area contributed by atoms with Crippen LogP contribution in [0.2, 0.25) is 0 Å². The van der Waals surface area contributed by atoms with Crippen molar-refractivity contribution < 1.29 is 9.53 Å². The topological polar surface area (TPSA) is 50.4 Å². The highest BCUT2D eigenvalue weighted by Gasteiger charge is 2.32. The average molecular weight is 325 g/mol. The van der Waals surface area contributed by atoms with E-state index in [9.17, 15) is 4.79 Å². The number of alkyl carbamates (subject to hydrolysis) is 1. The van der Waals surface area contributed by atoms with Gasteiger partial charge < -0.3 is 15.4 Å². The van der Waals surface area contributed by atoms with Gasteiger partial charge in [-0.1, -0.05) is 20.3 Å². The summed E-state index contributed by atoms with van der Waals surface area (Å²) in [5.74, 6) is 2.20. The summed E-state index contributed by atoms with van der Waals surface area (Å²) < 4.78 is 5.34. The van der Waals surface area contributed by atoms with Crippen molar-refractivity contribution in [1.29, 1.82) is 0 Å². The van der Waals surface area contributed by atoms with Gasteiger partial charge in [-0.15, -0.1) is 0 Å². The van der Waals surface area contributed by atoms with Crippen LogP contribution in [0.5, 0.6) is 0 Å². The molecule has 4 nitrogen and oxygen atoms in total. The Morgan fingerprint density at radius 2 is 1.74 bits per heavy atom. The molecule has 0 aromatic carbocycles. The number of hydrogen-bond donors (Lipinski definition) is 2. The maximum Gasteiger partial charge on any atom is 0.407 e. The van der Waals surface area contributed by atoms with Crippen molar-refractivity contribution in [3.63, 3.8) is 0 Å². The smallest absolute Gasteiger partial charge is 0.407 e. The van der Waals surface area contributed by atoms with E-state index in [2.05, 4.69) is 24.5 Å². The minimum absolute atomic E-state index is 0.289. The maximum atomic E-state index is 11.8. The normalized spacial score (nSPS) is 35.1. The molecule has 2 saturated carbocycles. The highest BCUT2D eigenvalue weighted by molar-refractivity contribution is 5.67. The third-order valence-electron chi connectivity index (χ3n) is 5.19. The molecule has 2 N–H and O–H groups in total. The highest BCUT2D eigenvalue weighted by atomic mass is 16.6. The monoisotopic (exact) mass is 324 g/mol. The Labute approximate surface area is 142 Å². The molecule has 0 aliphatic heterocycles. The van der Waals surface area contributed by atoms with Crippen LogP contribution >= 0.6 is 0 Å². The Balaban J connectivity index is 1.77. The fraction of sp³-hybridized carbons (Fsp3) is 0.947. The van der Waals surface area contributed by atoms with Crippen LogP contribution in [0.15, 0.2) is 0 Å². The first-order valence-electron chi connectivity index (χ1n) is 9.46. The van der Waals surface area contributed by atoms with E-state index < -0.39 is 5.60 Å². The lowest BCUT2D eigenvalue weighted by Gasteiger charge is -2.35. The van der Waals surface area contributed by atoms with Crippen molar-refractivity contribution in [3.8, 4) is 0 Å². The van der Waals surface area contributed by atoms with Crippen molar-refractivity contribution in [2.45, 2.75) is 90.8 Å². The first kappa shape index (κ1) is 18.6. The largest absolute Gasteiger partial charge is 0.444 e. The molecule has 4 unspecified atom stereocenters. The van der Waals surface area contributed by atoms with Crippen LogP contribution in [-0.4, -0.2) is 30.3 Å². The third-order valence-corrected chi connectivity index (χ3v) is 5.19. The molecule has 134 valence electrons. The molecule has 1 amide bonds. The van der Waals surface area contributed by atoms with Gasteiger partial charge in [-0.3, -0.25) is 0 Å². The predicted octanol–water partition coefficient (Wildman–Crippen LogP) is 4.09. The summed E-state index contributed by atoms with van der Waals surface area (Å²) in [6, 6.07) is 1.20. The number of hydrogen-bond acceptors (Lipinski definition) is 3. The number of amides is 1. The van der Waals surface area contributed by atoms with Gasteiger partial charge >= 0.3 is 6.09 Å². The van der Waals surface area contributed by atoms with Gasteiger partial charge in [-0.2, -0.15) is 0 Å². The lowest BCUT2D eigenvalue weighted by Crippen LogP contribution is -2.46. The maximum absolute atomic E-state index is 11.8. The van der Waals surface area contributed by atoms with Gasteiger partial charge in [0.2, 0.25) is 0 Å². The second-order valence-electron chi connectivity index (χ2n) is 8.96. The number of nitrogens with one attached hydrogen (secondary N) is 2. The van der Waals surface area contributed by atoms with Gasteiger partial charge in [0.05, 0.1) is 0 Å². The Hall–Kier alpha value is -0.770. The second kappa shape index (κ2) is 7.87. The molecule has 0 spiro atoms. The van der Waals surface area contributed by atoms with E-state index in [1.807, 2.05) is 20.8 Å². The molecule has 0 saturated heterocycles. The first-order chi connectivity index (χ1) is 10.7. The summed E-state index contributed by atoms with van der Waals surface area (Å²) in [5.41, 5.74) is -0.425. The molecule has 0 radical (unpaired) electrons. The summed E-state index contributed by atoms with van der Waals surface area (Å²) in [6.07, 6.45) is 7.37. The number of ether oxygens (including phenoxy) is 1. The van der Waals surface area contributed by atoms with Gasteiger partial charge in [-0.05, 0) is 70.6 Å². The Morgan fingerprint density at radius 3 is 2.35 bits per heavy atom. The molecule has 0 aromatic heterocycles. The van der Waals surface area contributed by atoms with Gasteiger partial charge in [0.15, 0.2) is 0 Å². The minimum atomic E-state index is -0.425. The molecular formula is C19H36N2O2. The molecule has 2 fully saturated rings. The number of rotatable bonds is 4. The molecule has 0 heterocycles. The Morgan fingerprint density at radius 1 is 1.09 bits per heavy atom. The van der Waals surface area contributed by atoms with Crippen molar-refractivity contribution >= 4 is 6.09 Å². The van der Waals surface area contributed by atoms with Crippen molar-refractivity contribution in [2.75, 3.05) is 6.54 Å². The lowest BCUT2D eigenvalue weighted by molar-refractivity contribution is 0.0516. The van der Waals surface area contributed by atoms with Crippen LogP contribution in [0.1, 0.15) is 73.1 Å². The van der Waals surface area contributed by atoms with Gasteiger partial charge in [-0.25, -0.2) is 4.79 Å². The zero-order chi connectivity index (χ0) is 17.0. The van der Waals surface area contributed by atoms with E-state index in [-0.39, 0.29) is 6.09 Å². The van der Waals surface area contributed by atoms with E-state index in [4.69, 9.17) is 4.74 Å². The quantitative estimate of drug-likeness (QED) is 0.819. The molecule has 23 heavy (non-hydrogen) atoms. The SMILES string of the molecule is CC1CC(C)CC(NC2CCCC2CNC(=O)OC(C)(C)C)C1. The fourth-order valence-corrected chi connectivity index (χ4v) is 4.41. The van der Waals surface area contributed by atoms with Gasteiger partial charge in [0, 0.05) is 18.6 Å². The molecule has 0 bridgehead atoms. The van der Waals surface area contributed by atoms with Crippen LogP contribution in [0.4, 0.5) is 4.79 Å². The molecule has 2 aliphatic rings. The van der Waals surface area contributed by atoms with Crippen LogP contribution in [0.25, 0.3) is 0 Å². The van der Waals surface area contributed by atoms with Crippen molar-refractivity contribution in [3.05, 3.63) is 0 Å². The summed E-state index contributed by atoms with van der Waals surface area (Å²) >= 11 is 0. The summed E-state index contributed by atoms with van der Waals surface area (Å²) in [6.45, 7) is 11.2. The van der Waals surface area contributed by atoms with Crippen LogP contribution in [0, 0.1) is 17.8 Å². The van der Waals surface area contributed by atoms with E-state index in [1.165, 1.54) is 38.5 Å². The van der Waals surface area contributed by atoms with E-state index in [0.717, 1.165) is 18.4 Å². The number of carbonyl (C=O) groups excluding carboxylic acids is 1. The second-order valence-corrected chi connectivity index (χ2v) is 8.96. The Kier molecular flexibility index (Phi) is 6.35. The van der Waals surface area contributed by atoms with Crippen LogP contribution in [-0.2, 0) is 4.74 Å². The average Bonchev–Trinajstić information content (AvgIpc) is 2.80. The minimum Gasteiger partial charge on any atom is -0.444 e. The molecule has 2 aliphatic carbocycles. The van der Waals surface area contributed by atoms with Crippen molar-refractivity contribution in [1.82, 2.24) is 10.6 Å². The molecule has 2 rings (SSSR count). The Bertz CT molecular complexity index is 381. The van der Waals surface area contributed by atoms with E-state index >= 15 is 0 Å². The summed E-state index contributed by atoms with van der Waals surface area (Å²) in [5, 5.41) is 6.87. The predicted molar refractivity (Wildman–Crippen MR) is 94.5 cm³/mol. The highest BCUT2D eigenvalue weighted by Crippen LogP contribution is 2.31. The zero-order valence-corrected chi connectivity index (χ0v) is 15.7. The first-order valence-corrected chi connectivity index (χ1v) is 9.46. The number of carbonyl (C=O) groups is 1. The lowest BCUT2D eigenvalue weighted by atomic mass is 9.80. The van der Waals surface area contributed by atoms with E-state index in [1.54, 1.807) is 0 Å². The van der Waals surface area contributed by atoms with E-state index in [0.29, 0.717) is 18.0 Å². The van der Waals surface area contributed by atoms with Gasteiger partial charge in [0.1, 0.15) is 5.60 Å². The summed E-state index contributed by atoms with van der Waals surface area (Å²) in [7, 11) is 0. The molecular weight excluding hydrogens is 288 g/mol. The zero-order valence-electron chi connectivity index (χ0n) is 15.7. The van der Waals surface area contributed by atoms with Crippen molar-refractivity contribution in [2.24, 2.45) is 17.8 Å². The summed E-state index contributed by atoms with van der Waals surface area (Å²) in [4.78, 5) is 11.8. The third kappa shape index (κ3) is 6.33. The fourth-order valence-electron chi connectivity index (χ4n) is 4.41. The van der Waals surface area contributed by atoms with Crippen LogP contribution in [0.3, 0.4) is 0 Å². The van der Waals surface area contributed by atoms with Gasteiger partial charge in [0.25, 0.3) is 0 Å². The standard InChI is InChI=1S/C19H36N2O2/c1-13-9-14(2)11-16(10-13)21-17-8-6-7-15(17)12-20-18(22)23-19(3,4)5/h13-17,21H,6-12H2,1-5H3,(H,20,22). The molecule has 4 atom stereocenters.